The van der Waals surface area contributed by atoms with Crippen molar-refractivity contribution in [2.24, 2.45) is 5.92 Å². The molecule has 0 aromatic heterocycles. The van der Waals surface area contributed by atoms with Crippen LogP contribution in [-0.4, -0.2) is 31.6 Å². The van der Waals surface area contributed by atoms with Crippen LogP contribution in [0, 0.1) is 12.8 Å². The van der Waals surface area contributed by atoms with Gasteiger partial charge in [0.05, 0.1) is 10.3 Å². The summed E-state index contributed by atoms with van der Waals surface area (Å²) in [7, 11) is -3.68. The van der Waals surface area contributed by atoms with Crippen LogP contribution in [0.4, 0.5) is 0 Å². The first-order chi connectivity index (χ1) is 16.4. The minimum Gasteiger partial charge on any atom is -0.293 e. The van der Waals surface area contributed by atoms with E-state index >= 15 is 0 Å². The van der Waals surface area contributed by atoms with Crippen molar-refractivity contribution in [2.75, 3.05) is 13.1 Å². The molecular formula is C29H27NO3S. The maximum absolute atomic E-state index is 14.2. The molecule has 1 aliphatic carbocycles. The second kappa shape index (κ2) is 8.49. The molecule has 0 amide bonds. The number of fused-ring (bicyclic) bond motifs is 2. The number of aryl methyl sites for hydroxylation is 1. The molecular weight excluding hydrogens is 442 g/mol. The van der Waals surface area contributed by atoms with Crippen molar-refractivity contribution < 1.29 is 13.2 Å². The van der Waals surface area contributed by atoms with Gasteiger partial charge >= 0.3 is 0 Å². The molecule has 2 atom stereocenters. The van der Waals surface area contributed by atoms with Crippen LogP contribution in [0.2, 0.25) is 0 Å². The van der Waals surface area contributed by atoms with Crippen LogP contribution in [0.5, 0.6) is 0 Å². The van der Waals surface area contributed by atoms with E-state index in [1.807, 2.05) is 67.6 Å². The van der Waals surface area contributed by atoms with Crippen molar-refractivity contribution in [1.29, 1.82) is 0 Å². The van der Waals surface area contributed by atoms with E-state index in [2.05, 4.69) is 6.58 Å². The molecule has 1 saturated heterocycles. The predicted octanol–water partition coefficient (Wildman–Crippen LogP) is 5.25. The zero-order valence-electron chi connectivity index (χ0n) is 19.1. The molecule has 2 unspecified atom stereocenters. The number of hydrogen-bond acceptors (Lipinski definition) is 3. The first kappa shape index (κ1) is 22.5. The Morgan fingerprint density at radius 1 is 0.971 bits per heavy atom. The fourth-order valence-corrected chi connectivity index (χ4v) is 6.83. The number of hydrogen-bond donors (Lipinski definition) is 0. The number of rotatable bonds is 4. The van der Waals surface area contributed by atoms with Crippen LogP contribution in [-0.2, 0) is 20.2 Å². The zero-order valence-corrected chi connectivity index (χ0v) is 20.0. The van der Waals surface area contributed by atoms with Crippen LogP contribution in [0.1, 0.15) is 28.7 Å². The lowest BCUT2D eigenvalue weighted by Gasteiger charge is -2.48. The molecule has 0 saturated carbocycles. The topological polar surface area (TPSA) is 54.5 Å². The second-order valence-corrected chi connectivity index (χ2v) is 11.0. The van der Waals surface area contributed by atoms with Crippen LogP contribution >= 0.6 is 0 Å². The van der Waals surface area contributed by atoms with Crippen molar-refractivity contribution in [3.8, 4) is 0 Å². The molecule has 1 fully saturated rings. The quantitative estimate of drug-likeness (QED) is 0.490. The summed E-state index contributed by atoms with van der Waals surface area (Å²) in [6, 6.07) is 24.6. The maximum Gasteiger partial charge on any atom is 0.243 e. The van der Waals surface area contributed by atoms with Gasteiger partial charge in [-0.25, -0.2) is 8.42 Å². The van der Waals surface area contributed by atoms with Gasteiger partial charge in [0.1, 0.15) is 0 Å². The molecule has 3 aromatic carbocycles. The molecule has 5 rings (SSSR count). The fraction of sp³-hybridized carbons (Fsp3) is 0.207. The van der Waals surface area contributed by atoms with Gasteiger partial charge in [0, 0.05) is 24.6 Å². The summed E-state index contributed by atoms with van der Waals surface area (Å²) < 4.78 is 28.4. The summed E-state index contributed by atoms with van der Waals surface area (Å²) in [4.78, 5) is 14.5. The molecule has 172 valence electrons. The van der Waals surface area contributed by atoms with E-state index in [1.54, 1.807) is 30.3 Å². The Bertz CT molecular complexity index is 1390. The largest absolute Gasteiger partial charge is 0.293 e. The van der Waals surface area contributed by atoms with E-state index in [0.717, 1.165) is 22.3 Å². The Balaban J connectivity index is 1.58. The van der Waals surface area contributed by atoms with Gasteiger partial charge < -0.3 is 0 Å². The van der Waals surface area contributed by atoms with E-state index in [-0.39, 0.29) is 29.7 Å². The molecule has 1 spiro atoms. The lowest BCUT2D eigenvalue weighted by Crippen LogP contribution is -2.55. The number of Topliss-reactive ketones (excluding diaryl/α,β-unsaturated/α-hetero) is 1. The van der Waals surface area contributed by atoms with Crippen molar-refractivity contribution >= 4 is 27.5 Å². The number of sulfonamides is 1. The molecule has 3 aromatic rings. The zero-order chi connectivity index (χ0) is 23.9. The van der Waals surface area contributed by atoms with E-state index in [1.165, 1.54) is 4.31 Å². The summed E-state index contributed by atoms with van der Waals surface area (Å²) in [5, 5.41) is 0. The van der Waals surface area contributed by atoms with Crippen molar-refractivity contribution in [3.05, 3.63) is 114 Å². The summed E-state index contributed by atoms with van der Waals surface area (Å²) in [6.07, 6.45) is 4.13. The minimum atomic E-state index is -3.68. The Labute approximate surface area is 201 Å². The standard InChI is InChI=1S/C29H27NO3S/c1-3-24-20-30(34(32,33)25-15-13-21(2)14-16-25)18-17-29(24)27-12-8-7-11-23(27)19-26(28(29)31)22-9-5-4-6-10-22/h3-16,19,24H,1,17-18,20H2,2H3. The third kappa shape index (κ3) is 3.47. The lowest BCUT2D eigenvalue weighted by molar-refractivity contribution is -0.121. The molecule has 4 nitrogen and oxygen atoms in total. The summed E-state index contributed by atoms with van der Waals surface area (Å²) in [5.74, 6) is -0.322. The number of ketones is 1. The molecule has 0 radical (unpaired) electrons. The third-order valence-electron chi connectivity index (χ3n) is 7.21. The Morgan fingerprint density at radius 3 is 2.35 bits per heavy atom. The fourth-order valence-electron chi connectivity index (χ4n) is 5.37. The SMILES string of the molecule is C=CC1CN(S(=O)(=O)c2ccc(C)cc2)CCC12C(=O)C(c1ccccc1)=Cc1ccccc12. The van der Waals surface area contributed by atoms with Crippen molar-refractivity contribution in [2.45, 2.75) is 23.7 Å². The number of piperidine rings is 1. The predicted molar refractivity (Wildman–Crippen MR) is 136 cm³/mol. The van der Waals surface area contributed by atoms with E-state index in [9.17, 15) is 13.2 Å². The highest BCUT2D eigenvalue weighted by atomic mass is 32.2. The normalized spacial score (nSPS) is 22.8. The molecule has 0 N–H and O–H groups in total. The first-order valence-corrected chi connectivity index (χ1v) is 12.9. The van der Waals surface area contributed by atoms with Crippen LogP contribution in [0.25, 0.3) is 11.6 Å². The van der Waals surface area contributed by atoms with Gasteiger partial charge in [0.25, 0.3) is 0 Å². The lowest BCUT2D eigenvalue weighted by atomic mass is 9.58. The van der Waals surface area contributed by atoms with Gasteiger partial charge in [-0.3, -0.25) is 4.79 Å². The number of carbonyl (C=O) groups excluding carboxylic acids is 1. The number of nitrogens with zero attached hydrogens (tertiary/aromatic N) is 1. The van der Waals surface area contributed by atoms with Crippen molar-refractivity contribution in [1.82, 2.24) is 4.31 Å². The average Bonchev–Trinajstić information content (AvgIpc) is 2.87. The van der Waals surface area contributed by atoms with Crippen molar-refractivity contribution in [3.63, 3.8) is 0 Å². The first-order valence-electron chi connectivity index (χ1n) is 11.5. The number of benzene rings is 3. The Kier molecular flexibility index (Phi) is 5.62. The summed E-state index contributed by atoms with van der Waals surface area (Å²) in [5.41, 5.74) is 3.65. The van der Waals surface area contributed by atoms with Gasteiger partial charge in [-0.1, -0.05) is 78.4 Å². The smallest absolute Gasteiger partial charge is 0.243 e. The van der Waals surface area contributed by atoms with Crippen LogP contribution in [0.3, 0.4) is 0 Å². The van der Waals surface area contributed by atoms with E-state index in [0.29, 0.717) is 12.0 Å². The average molecular weight is 470 g/mol. The Hall–Kier alpha value is -3.28. The van der Waals surface area contributed by atoms with Gasteiger partial charge in [-0.2, -0.15) is 4.31 Å². The molecule has 34 heavy (non-hydrogen) atoms. The van der Waals surface area contributed by atoms with Crippen LogP contribution in [0.15, 0.2) is 96.4 Å². The monoisotopic (exact) mass is 469 g/mol. The number of carbonyl (C=O) groups is 1. The summed E-state index contributed by atoms with van der Waals surface area (Å²) >= 11 is 0. The second-order valence-electron chi connectivity index (χ2n) is 9.08. The third-order valence-corrected chi connectivity index (χ3v) is 9.09. The highest BCUT2D eigenvalue weighted by molar-refractivity contribution is 7.89. The van der Waals surface area contributed by atoms with Gasteiger partial charge in [-0.05, 0) is 48.2 Å². The highest BCUT2D eigenvalue weighted by Crippen LogP contribution is 2.49. The molecule has 5 heteroatoms. The summed E-state index contributed by atoms with van der Waals surface area (Å²) in [6.45, 7) is 6.45. The van der Waals surface area contributed by atoms with Gasteiger partial charge in [-0.15, -0.1) is 6.58 Å². The maximum atomic E-state index is 14.2. The number of allylic oxidation sites excluding steroid dienone is 1. The minimum absolute atomic E-state index is 0.0367. The van der Waals surface area contributed by atoms with Crippen LogP contribution < -0.4 is 0 Å². The highest BCUT2D eigenvalue weighted by Gasteiger charge is 2.53. The van der Waals surface area contributed by atoms with Gasteiger partial charge in [0.2, 0.25) is 10.0 Å². The van der Waals surface area contributed by atoms with Gasteiger partial charge in [0.15, 0.2) is 5.78 Å². The molecule has 1 heterocycles. The van der Waals surface area contributed by atoms with E-state index < -0.39 is 15.4 Å². The Morgan fingerprint density at radius 2 is 1.65 bits per heavy atom. The van der Waals surface area contributed by atoms with E-state index in [4.69, 9.17) is 0 Å². The molecule has 0 bridgehead atoms. The molecule has 2 aliphatic rings. The molecule has 1 aliphatic heterocycles.